The van der Waals surface area contributed by atoms with Crippen molar-refractivity contribution in [2.45, 2.75) is 57.5 Å². The van der Waals surface area contributed by atoms with Crippen LogP contribution in [0.25, 0.3) is 10.9 Å². The molecule has 214 valence electrons. The lowest BCUT2D eigenvalue weighted by atomic mass is 9.94. The van der Waals surface area contributed by atoms with E-state index in [1.807, 2.05) is 30.0 Å². The average molecular weight is 567 g/mol. The quantitative estimate of drug-likeness (QED) is 0.338. The van der Waals surface area contributed by atoms with Gasteiger partial charge in [-0.3, -0.25) is 14.9 Å². The summed E-state index contributed by atoms with van der Waals surface area (Å²) in [5, 5.41) is 19.2. The molecule has 1 unspecified atom stereocenters. The number of nitrogens with one attached hydrogen (secondary N) is 3. The van der Waals surface area contributed by atoms with E-state index in [0.29, 0.717) is 43.4 Å². The molecule has 2 saturated heterocycles. The molecule has 0 radical (unpaired) electrons. The average Bonchev–Trinajstić information content (AvgIpc) is 3.58. The molecule has 5 heterocycles. The molecule has 10 nitrogen and oxygen atoms in total. The lowest BCUT2D eigenvalue weighted by molar-refractivity contribution is -0.140. The summed E-state index contributed by atoms with van der Waals surface area (Å²) in [7, 11) is 2.07. The number of aliphatic hydroxyl groups excluding tert-OH is 1. The molecule has 0 bridgehead atoms. The number of H-pyrrole nitrogens is 1. The number of carbonyl (C=O) groups excluding carboxylic acids is 2. The number of hydrogen-bond donors (Lipinski definition) is 4. The number of amides is 2. The van der Waals surface area contributed by atoms with Crippen LogP contribution in [-0.2, 0) is 22.5 Å². The van der Waals surface area contributed by atoms with Crippen LogP contribution < -0.4 is 10.6 Å². The number of likely N-dealkylation sites (N-methyl/N-ethyl adjacent to an activating group) is 1. The zero-order chi connectivity index (χ0) is 27.8. The molecule has 40 heavy (non-hydrogen) atoms. The third-order valence-electron chi connectivity index (χ3n) is 8.39. The molecule has 2 amide bonds. The Morgan fingerprint density at radius 1 is 1.18 bits per heavy atom. The molecule has 2 aromatic heterocycles. The van der Waals surface area contributed by atoms with Crippen molar-refractivity contribution in [1.82, 2.24) is 30.4 Å². The summed E-state index contributed by atoms with van der Waals surface area (Å²) in [5.41, 5.74) is 3.79. The van der Waals surface area contributed by atoms with Crippen molar-refractivity contribution in [3.05, 3.63) is 51.1 Å². The molecule has 0 saturated carbocycles. The highest BCUT2D eigenvalue weighted by molar-refractivity contribution is 7.13. The Morgan fingerprint density at radius 3 is 2.83 bits per heavy atom. The van der Waals surface area contributed by atoms with E-state index in [1.54, 1.807) is 0 Å². The largest absolute Gasteiger partial charge is 0.381 e. The molecule has 2 fully saturated rings. The number of aryl methyl sites for hydroxylation is 1. The van der Waals surface area contributed by atoms with E-state index in [4.69, 9.17) is 4.74 Å². The van der Waals surface area contributed by atoms with Gasteiger partial charge in [0.05, 0.1) is 17.4 Å². The summed E-state index contributed by atoms with van der Waals surface area (Å²) in [4.78, 5) is 40.0. The number of aromatic nitrogens is 2. The molecule has 11 heteroatoms. The van der Waals surface area contributed by atoms with Crippen molar-refractivity contribution < 1.29 is 19.4 Å². The number of aromatic amines is 1. The van der Waals surface area contributed by atoms with E-state index in [2.05, 4.69) is 38.6 Å². The highest BCUT2D eigenvalue weighted by Gasteiger charge is 2.37. The van der Waals surface area contributed by atoms with E-state index in [1.165, 1.54) is 11.3 Å². The fraction of sp³-hybridized carbons (Fsp3) is 0.552. The maximum atomic E-state index is 13.4. The molecule has 3 atom stereocenters. The number of piperidine rings is 1. The number of hydrogen-bond acceptors (Lipinski definition) is 8. The van der Waals surface area contributed by atoms with Gasteiger partial charge in [0.15, 0.2) is 5.01 Å². The smallest absolute Gasteiger partial charge is 0.280 e. The minimum Gasteiger partial charge on any atom is -0.381 e. The predicted molar refractivity (Wildman–Crippen MR) is 153 cm³/mol. The maximum Gasteiger partial charge on any atom is 0.280 e. The molecule has 0 spiro atoms. The summed E-state index contributed by atoms with van der Waals surface area (Å²) in [6.45, 7) is 5.94. The number of thiazole rings is 1. The molecule has 0 aliphatic carbocycles. The van der Waals surface area contributed by atoms with Crippen LogP contribution >= 0.6 is 11.3 Å². The first kappa shape index (κ1) is 27.3. The minimum absolute atomic E-state index is 0.0438. The molecule has 1 aromatic carbocycles. The number of rotatable bonds is 6. The Balaban J connectivity index is 1.19. The summed E-state index contributed by atoms with van der Waals surface area (Å²) in [5.74, 6) is -0.146. The van der Waals surface area contributed by atoms with Gasteiger partial charge >= 0.3 is 0 Å². The Bertz CT molecular complexity index is 1380. The van der Waals surface area contributed by atoms with Gasteiger partial charge in [-0.25, -0.2) is 4.98 Å². The first-order valence-electron chi connectivity index (χ1n) is 14.2. The molecule has 3 aromatic rings. The van der Waals surface area contributed by atoms with Crippen molar-refractivity contribution in [2.24, 2.45) is 5.92 Å². The van der Waals surface area contributed by atoms with Crippen LogP contribution in [0.1, 0.15) is 57.1 Å². The minimum atomic E-state index is -0.947. The molecular weight excluding hydrogens is 528 g/mol. The van der Waals surface area contributed by atoms with E-state index in [9.17, 15) is 14.7 Å². The van der Waals surface area contributed by atoms with Crippen LogP contribution in [0.3, 0.4) is 0 Å². The first-order valence-corrected chi connectivity index (χ1v) is 15.0. The third kappa shape index (κ3) is 5.80. The normalized spacial score (nSPS) is 23.2. The SMILES string of the molecule is Cc1ccc2[nH]c(C(O)N[C@H]3CCN(C(=O)C4CCOCC4)C[C@H]3NC(=O)c3nc4c(s3)CN(C)CC4)cc2c1. The lowest BCUT2D eigenvalue weighted by Gasteiger charge is -2.41. The number of likely N-dealkylation sites (tertiary alicyclic amines) is 1. The summed E-state index contributed by atoms with van der Waals surface area (Å²) in [6.07, 6.45) is 1.96. The zero-order valence-corrected chi connectivity index (χ0v) is 23.9. The van der Waals surface area contributed by atoms with Crippen LogP contribution in [0.4, 0.5) is 0 Å². The van der Waals surface area contributed by atoms with Gasteiger partial charge in [0.2, 0.25) is 5.91 Å². The Labute approximate surface area is 238 Å². The van der Waals surface area contributed by atoms with Gasteiger partial charge in [0.1, 0.15) is 6.23 Å². The van der Waals surface area contributed by atoms with Crippen molar-refractivity contribution in [3.8, 4) is 0 Å². The molecule has 4 N–H and O–H groups in total. The molecule has 6 rings (SSSR count). The van der Waals surface area contributed by atoms with E-state index >= 15 is 0 Å². The summed E-state index contributed by atoms with van der Waals surface area (Å²) < 4.78 is 5.45. The topological polar surface area (TPSA) is 123 Å². The van der Waals surface area contributed by atoms with E-state index in [0.717, 1.165) is 59.4 Å². The van der Waals surface area contributed by atoms with Gasteiger partial charge < -0.3 is 29.9 Å². The highest BCUT2D eigenvalue weighted by atomic mass is 32.1. The number of aliphatic hydroxyl groups is 1. The predicted octanol–water partition coefficient (Wildman–Crippen LogP) is 2.33. The second-order valence-corrected chi connectivity index (χ2v) is 12.5. The fourth-order valence-electron chi connectivity index (χ4n) is 6.07. The monoisotopic (exact) mass is 566 g/mol. The lowest BCUT2D eigenvalue weighted by Crippen LogP contribution is -2.61. The van der Waals surface area contributed by atoms with Crippen molar-refractivity contribution in [3.63, 3.8) is 0 Å². The Hall–Kier alpha value is -2.83. The third-order valence-corrected chi connectivity index (χ3v) is 9.47. The summed E-state index contributed by atoms with van der Waals surface area (Å²) in [6, 6.07) is 7.47. The van der Waals surface area contributed by atoms with Gasteiger partial charge in [-0.15, -0.1) is 11.3 Å². The standard InChI is InChI=1S/C29H38N6O4S/c1-17-3-4-20-19(13-17)14-23(30-20)26(36)31-21-6-10-35(29(38)18-7-11-39-12-8-18)15-24(21)32-27(37)28-33-22-5-9-34(2)16-25(22)40-28/h3-4,13-14,18,21,24,26,30-31,36H,5-12,15-16H2,1-2H3,(H,32,37)/t21-,24+,26?/m0/s1. The van der Waals surface area contributed by atoms with E-state index < -0.39 is 6.23 Å². The van der Waals surface area contributed by atoms with Crippen LogP contribution in [0.5, 0.6) is 0 Å². The van der Waals surface area contributed by atoms with Gasteiger partial charge in [-0.2, -0.15) is 0 Å². The zero-order valence-electron chi connectivity index (χ0n) is 23.1. The summed E-state index contributed by atoms with van der Waals surface area (Å²) >= 11 is 1.45. The van der Waals surface area contributed by atoms with E-state index in [-0.39, 0.29) is 29.8 Å². The molecular formula is C29H38N6O4S. The van der Waals surface area contributed by atoms with Gasteiger partial charge in [0.25, 0.3) is 5.91 Å². The fourth-order valence-corrected chi connectivity index (χ4v) is 7.16. The number of benzene rings is 1. The van der Waals surface area contributed by atoms with Gasteiger partial charge in [0, 0.05) is 73.6 Å². The molecule has 3 aliphatic heterocycles. The van der Waals surface area contributed by atoms with Gasteiger partial charge in [-0.1, -0.05) is 11.6 Å². The highest BCUT2D eigenvalue weighted by Crippen LogP contribution is 2.27. The van der Waals surface area contributed by atoms with Gasteiger partial charge in [-0.05, 0) is 51.4 Å². The maximum absolute atomic E-state index is 13.4. The number of ether oxygens (including phenoxy) is 1. The number of carbonyl (C=O) groups is 2. The first-order chi connectivity index (χ1) is 19.3. The van der Waals surface area contributed by atoms with Crippen LogP contribution in [-0.4, -0.2) is 88.7 Å². The van der Waals surface area contributed by atoms with Crippen LogP contribution in [0.15, 0.2) is 24.3 Å². The Morgan fingerprint density at radius 2 is 2.00 bits per heavy atom. The second-order valence-electron chi connectivity index (χ2n) is 11.4. The van der Waals surface area contributed by atoms with Crippen LogP contribution in [0.2, 0.25) is 0 Å². The second kappa shape index (κ2) is 11.6. The van der Waals surface area contributed by atoms with Crippen molar-refractivity contribution in [1.29, 1.82) is 0 Å². The molecule has 3 aliphatic rings. The van der Waals surface area contributed by atoms with Crippen LogP contribution in [0, 0.1) is 12.8 Å². The Kier molecular flexibility index (Phi) is 7.91. The van der Waals surface area contributed by atoms with Crippen molar-refractivity contribution in [2.75, 3.05) is 39.9 Å². The number of nitrogens with zero attached hydrogens (tertiary/aromatic N) is 3. The number of fused-ring (bicyclic) bond motifs is 2. The van der Waals surface area contributed by atoms with Crippen molar-refractivity contribution >= 4 is 34.1 Å².